The number of hydrogen-bond donors (Lipinski definition) is 1. The van der Waals surface area contributed by atoms with Gasteiger partial charge in [0.25, 0.3) is 5.91 Å². The first kappa shape index (κ1) is 23.8. The molecule has 174 valence electrons. The molecule has 1 aromatic rings. The van der Waals surface area contributed by atoms with Gasteiger partial charge in [0.15, 0.2) is 0 Å². The molecular weight excluding hydrogens is 408 g/mol. The van der Waals surface area contributed by atoms with E-state index in [0.717, 1.165) is 16.8 Å². The van der Waals surface area contributed by atoms with Crippen molar-refractivity contribution >= 4 is 23.7 Å². The molecular formula is C25H34N2O5. The highest BCUT2D eigenvalue weighted by Gasteiger charge is 2.43. The van der Waals surface area contributed by atoms with Gasteiger partial charge in [0.1, 0.15) is 5.60 Å². The number of aliphatic carboxylic acids is 1. The molecule has 2 amide bonds. The van der Waals surface area contributed by atoms with Gasteiger partial charge in [0.2, 0.25) is 0 Å². The van der Waals surface area contributed by atoms with Crippen LogP contribution < -0.4 is 4.90 Å². The van der Waals surface area contributed by atoms with Gasteiger partial charge in [0, 0.05) is 36.8 Å². The van der Waals surface area contributed by atoms with Crippen LogP contribution in [-0.4, -0.2) is 53.2 Å². The first-order chi connectivity index (χ1) is 14.8. The van der Waals surface area contributed by atoms with E-state index in [-0.39, 0.29) is 23.8 Å². The average molecular weight is 443 g/mol. The Kier molecular flexibility index (Phi) is 6.40. The molecule has 1 aromatic carbocycles. The van der Waals surface area contributed by atoms with Crippen molar-refractivity contribution in [3.8, 4) is 0 Å². The number of likely N-dealkylation sites (tertiary alicyclic amines) is 1. The van der Waals surface area contributed by atoms with Crippen molar-refractivity contribution in [3.05, 3.63) is 41.5 Å². The summed E-state index contributed by atoms with van der Waals surface area (Å²) in [7, 11) is 0. The third kappa shape index (κ3) is 5.14. The fourth-order valence-corrected chi connectivity index (χ4v) is 4.69. The maximum atomic E-state index is 13.1. The lowest BCUT2D eigenvalue weighted by Crippen LogP contribution is -2.51. The molecule has 2 aliphatic rings. The van der Waals surface area contributed by atoms with Gasteiger partial charge in [-0.3, -0.25) is 9.59 Å². The van der Waals surface area contributed by atoms with Gasteiger partial charge in [-0.2, -0.15) is 0 Å². The Labute approximate surface area is 190 Å². The largest absolute Gasteiger partial charge is 0.481 e. The van der Waals surface area contributed by atoms with Gasteiger partial charge in [0.05, 0.1) is 5.92 Å². The lowest BCUT2D eigenvalue weighted by molar-refractivity contribution is -0.144. The van der Waals surface area contributed by atoms with Crippen molar-refractivity contribution in [1.82, 2.24) is 4.90 Å². The zero-order chi connectivity index (χ0) is 23.8. The van der Waals surface area contributed by atoms with Crippen molar-refractivity contribution in [2.24, 2.45) is 17.3 Å². The van der Waals surface area contributed by atoms with E-state index in [9.17, 15) is 19.5 Å². The topological polar surface area (TPSA) is 87.2 Å². The summed E-state index contributed by atoms with van der Waals surface area (Å²) in [5.74, 6) is -1.99. The maximum absolute atomic E-state index is 13.1. The fourth-order valence-electron chi connectivity index (χ4n) is 4.69. The summed E-state index contributed by atoms with van der Waals surface area (Å²) in [5, 5.41) is 9.72. The molecule has 2 atom stereocenters. The number of benzene rings is 1. The number of carboxylic acid groups (broad SMARTS) is 1. The number of aryl methyl sites for hydroxylation is 1. The van der Waals surface area contributed by atoms with E-state index in [2.05, 4.69) is 13.8 Å². The van der Waals surface area contributed by atoms with Crippen LogP contribution in [-0.2, 0) is 14.3 Å². The number of nitrogens with zero attached hydrogens (tertiary/aromatic N) is 2. The molecule has 32 heavy (non-hydrogen) atoms. The SMILES string of the molecule is Cc1ccccc1N1CC(C)(C)C([C@@H]2C[C@H](C(=O)O)CN(C(=O)OC(C)(C)C)C2)=CC1=O. The molecule has 3 rings (SSSR count). The number of carboxylic acids is 1. The minimum Gasteiger partial charge on any atom is -0.481 e. The van der Waals surface area contributed by atoms with Crippen LogP contribution in [0.15, 0.2) is 35.9 Å². The second-order valence-electron chi connectivity index (χ2n) is 10.5. The zero-order valence-electron chi connectivity index (χ0n) is 19.8. The summed E-state index contributed by atoms with van der Waals surface area (Å²) in [6, 6.07) is 7.78. The smallest absolute Gasteiger partial charge is 0.410 e. The van der Waals surface area contributed by atoms with Crippen molar-refractivity contribution in [1.29, 1.82) is 0 Å². The van der Waals surface area contributed by atoms with Gasteiger partial charge in [-0.25, -0.2) is 4.79 Å². The van der Waals surface area contributed by atoms with E-state index < -0.39 is 23.6 Å². The summed E-state index contributed by atoms with van der Waals surface area (Å²) in [6.45, 7) is 12.4. The molecule has 0 radical (unpaired) electrons. The van der Waals surface area contributed by atoms with Crippen LogP contribution in [0.5, 0.6) is 0 Å². The standard InChI is InChI=1S/C25H34N2O5/c1-16-9-7-8-10-20(16)27-15-25(5,6)19(12-21(27)28)17-11-18(22(29)30)14-26(13-17)23(31)32-24(2,3)4/h7-10,12,17-18H,11,13-15H2,1-6H3,(H,29,30)/t17-,18+/m1/s1. The summed E-state index contributed by atoms with van der Waals surface area (Å²) in [4.78, 5) is 41.0. The number of para-hydroxylation sites is 1. The normalized spacial score (nSPS) is 23.6. The number of anilines is 1. The Morgan fingerprint density at radius 1 is 1.16 bits per heavy atom. The van der Waals surface area contributed by atoms with Gasteiger partial charge < -0.3 is 19.6 Å². The second kappa shape index (κ2) is 8.60. The quantitative estimate of drug-likeness (QED) is 0.756. The number of amides is 2. The van der Waals surface area contributed by atoms with Crippen LogP contribution in [0.1, 0.15) is 46.6 Å². The van der Waals surface area contributed by atoms with E-state index in [1.54, 1.807) is 31.7 Å². The van der Waals surface area contributed by atoms with Crippen molar-refractivity contribution in [2.75, 3.05) is 24.5 Å². The zero-order valence-corrected chi connectivity index (χ0v) is 19.8. The van der Waals surface area contributed by atoms with Gasteiger partial charge in [-0.05, 0) is 51.7 Å². The Hall–Kier alpha value is -2.83. The number of rotatable bonds is 3. The summed E-state index contributed by atoms with van der Waals surface area (Å²) in [5.41, 5.74) is 1.75. The molecule has 0 aromatic heterocycles. The summed E-state index contributed by atoms with van der Waals surface area (Å²) >= 11 is 0. The Bertz CT molecular complexity index is 944. The fraction of sp³-hybridized carbons (Fsp3) is 0.560. The molecule has 0 saturated carbocycles. The van der Waals surface area contributed by atoms with Crippen molar-refractivity contribution in [3.63, 3.8) is 0 Å². The summed E-state index contributed by atoms with van der Waals surface area (Å²) < 4.78 is 5.50. The molecule has 7 nitrogen and oxygen atoms in total. The van der Waals surface area contributed by atoms with Crippen LogP contribution in [0.2, 0.25) is 0 Å². The van der Waals surface area contributed by atoms with Gasteiger partial charge in [-0.15, -0.1) is 0 Å². The van der Waals surface area contributed by atoms with Crippen LogP contribution in [0, 0.1) is 24.2 Å². The third-order valence-corrected chi connectivity index (χ3v) is 6.18. The molecule has 0 aliphatic carbocycles. The highest BCUT2D eigenvalue weighted by Crippen LogP contribution is 2.42. The molecule has 2 heterocycles. The molecule has 1 fully saturated rings. The minimum absolute atomic E-state index is 0.109. The molecule has 0 spiro atoms. The van der Waals surface area contributed by atoms with E-state index in [1.807, 2.05) is 31.2 Å². The average Bonchev–Trinajstić information content (AvgIpc) is 2.68. The van der Waals surface area contributed by atoms with Crippen LogP contribution >= 0.6 is 0 Å². The lowest BCUT2D eigenvalue weighted by Gasteiger charge is -2.45. The molecule has 0 unspecified atom stereocenters. The number of carbonyl (C=O) groups is 3. The Morgan fingerprint density at radius 3 is 2.41 bits per heavy atom. The lowest BCUT2D eigenvalue weighted by atomic mass is 9.70. The first-order valence-electron chi connectivity index (χ1n) is 11.1. The van der Waals surface area contributed by atoms with Gasteiger partial charge in [-0.1, -0.05) is 37.6 Å². The van der Waals surface area contributed by atoms with E-state index in [0.29, 0.717) is 19.5 Å². The maximum Gasteiger partial charge on any atom is 0.410 e. The number of carbonyl (C=O) groups excluding carboxylic acids is 2. The monoisotopic (exact) mass is 442 g/mol. The predicted octanol–water partition coefficient (Wildman–Crippen LogP) is 4.25. The van der Waals surface area contributed by atoms with E-state index in [4.69, 9.17) is 4.74 Å². The van der Waals surface area contributed by atoms with E-state index in [1.165, 1.54) is 4.90 Å². The second-order valence-corrected chi connectivity index (χ2v) is 10.5. The Balaban J connectivity index is 1.91. The molecule has 2 aliphatic heterocycles. The van der Waals surface area contributed by atoms with Crippen LogP contribution in [0.3, 0.4) is 0 Å². The molecule has 0 bridgehead atoms. The number of ether oxygens (including phenoxy) is 1. The van der Waals surface area contributed by atoms with Crippen LogP contribution in [0.25, 0.3) is 0 Å². The van der Waals surface area contributed by atoms with Crippen LogP contribution in [0.4, 0.5) is 10.5 Å². The number of piperidine rings is 1. The summed E-state index contributed by atoms with van der Waals surface area (Å²) in [6.07, 6.45) is 1.52. The number of hydrogen-bond acceptors (Lipinski definition) is 4. The minimum atomic E-state index is -0.940. The van der Waals surface area contributed by atoms with Crippen molar-refractivity contribution in [2.45, 2.75) is 53.6 Å². The highest BCUT2D eigenvalue weighted by molar-refractivity contribution is 6.03. The van der Waals surface area contributed by atoms with Gasteiger partial charge >= 0.3 is 12.1 Å². The Morgan fingerprint density at radius 2 is 1.81 bits per heavy atom. The molecule has 1 saturated heterocycles. The highest BCUT2D eigenvalue weighted by atomic mass is 16.6. The van der Waals surface area contributed by atoms with Crippen molar-refractivity contribution < 1.29 is 24.2 Å². The molecule has 7 heteroatoms. The third-order valence-electron chi connectivity index (χ3n) is 6.18. The first-order valence-corrected chi connectivity index (χ1v) is 11.1. The predicted molar refractivity (Wildman–Crippen MR) is 122 cm³/mol. The molecule has 1 N–H and O–H groups in total. The van der Waals surface area contributed by atoms with E-state index >= 15 is 0 Å².